The number of hydrogen-bond acceptors (Lipinski definition) is 2. The van der Waals surface area contributed by atoms with Gasteiger partial charge in [-0.2, -0.15) is 0 Å². The molecule has 0 bridgehead atoms. The summed E-state index contributed by atoms with van der Waals surface area (Å²) in [4.78, 5) is 0. The summed E-state index contributed by atoms with van der Waals surface area (Å²) in [5.41, 5.74) is 7.30. The van der Waals surface area contributed by atoms with E-state index in [4.69, 9.17) is 25.9 Å². The predicted octanol–water partition coefficient (Wildman–Crippen LogP) is 12.3. The fraction of sp³-hybridized carbons (Fsp3) is 0.556. The summed E-state index contributed by atoms with van der Waals surface area (Å²) in [6, 6.07) is 20.4. The molecule has 0 N–H and O–H groups in total. The van der Waals surface area contributed by atoms with E-state index < -0.39 is 37.5 Å². The Morgan fingerprint density at radius 2 is 1.00 bits per heavy atom. The van der Waals surface area contributed by atoms with Crippen LogP contribution in [0.1, 0.15) is 98.3 Å². The van der Waals surface area contributed by atoms with E-state index in [1.165, 1.54) is 110 Å². The van der Waals surface area contributed by atoms with Crippen molar-refractivity contribution in [2.45, 2.75) is 125 Å². The van der Waals surface area contributed by atoms with Crippen molar-refractivity contribution in [3.8, 4) is 0 Å². The van der Waals surface area contributed by atoms with Gasteiger partial charge in [0, 0.05) is 21.4 Å². The van der Waals surface area contributed by atoms with Crippen molar-refractivity contribution in [3.63, 3.8) is 0 Å². The molecule has 0 spiro atoms. The zero-order valence-electron chi connectivity index (χ0n) is 27.1. The van der Waals surface area contributed by atoms with Gasteiger partial charge in [-0.15, -0.1) is 0 Å². The molecule has 2 aromatic carbocycles. The molecule has 0 aliphatic heterocycles. The molecule has 0 amide bonds. The molecule has 0 heterocycles. The number of halogens is 2. The van der Waals surface area contributed by atoms with Crippen LogP contribution in [0.4, 0.5) is 0 Å². The van der Waals surface area contributed by atoms with Gasteiger partial charge < -0.3 is 8.85 Å². The number of benzene rings is 2. The van der Waals surface area contributed by atoms with Crippen molar-refractivity contribution in [1.29, 1.82) is 0 Å². The third-order valence-electron chi connectivity index (χ3n) is 10.7. The summed E-state index contributed by atoms with van der Waals surface area (Å²) >= 11 is -0.826. The molecular formula is C36H50Cl2O2Si3Zr. The normalized spacial score (nSPS) is 22.2. The van der Waals surface area contributed by atoms with E-state index in [-0.39, 0.29) is 0 Å². The van der Waals surface area contributed by atoms with Gasteiger partial charge >= 0.3 is 37.9 Å². The fourth-order valence-electron chi connectivity index (χ4n) is 8.10. The van der Waals surface area contributed by atoms with Gasteiger partial charge in [0.1, 0.15) is 0 Å². The Hall–Kier alpha value is -0.366. The van der Waals surface area contributed by atoms with Crippen LogP contribution in [0.3, 0.4) is 0 Å². The molecule has 6 rings (SSSR count). The average Bonchev–Trinajstić information content (AvgIpc) is 3.54. The van der Waals surface area contributed by atoms with Gasteiger partial charge in [-0.1, -0.05) is 87.1 Å². The predicted molar refractivity (Wildman–Crippen MR) is 192 cm³/mol. The van der Waals surface area contributed by atoms with Crippen molar-refractivity contribution in [3.05, 3.63) is 82.3 Å². The number of allylic oxidation sites excluding steroid dienone is 2. The van der Waals surface area contributed by atoms with Crippen LogP contribution in [0.2, 0.25) is 49.4 Å². The number of fused-ring (bicyclic) bond motifs is 2. The Morgan fingerprint density at radius 1 is 0.636 bits per heavy atom. The molecule has 236 valence electrons. The van der Waals surface area contributed by atoms with Gasteiger partial charge in [-0.05, 0) is 109 Å². The second-order valence-corrected chi connectivity index (χ2v) is 27.8. The fourth-order valence-corrected chi connectivity index (χ4v) is 15.2. The molecule has 2 nitrogen and oxygen atoms in total. The van der Waals surface area contributed by atoms with Crippen LogP contribution < -0.4 is 0 Å². The van der Waals surface area contributed by atoms with Gasteiger partial charge in [0.15, 0.2) is 0 Å². The Kier molecular flexibility index (Phi) is 12.8. The van der Waals surface area contributed by atoms with Crippen molar-refractivity contribution in [2.24, 2.45) is 0 Å². The summed E-state index contributed by atoms with van der Waals surface area (Å²) in [5, 5.41) is 0. The zero-order valence-corrected chi connectivity index (χ0v) is 34.1. The SMILES string of the molecule is C[Si](C)(OC1=Cc2ccccc2C1C[Si]CC1C(O[Si](C)(C)C2CCCCC2)=Cc2ccccc21)C1CCCCC1.[Cl][Zr][Cl]. The van der Waals surface area contributed by atoms with E-state index in [9.17, 15) is 0 Å². The minimum absolute atomic E-state index is 0.401. The topological polar surface area (TPSA) is 18.5 Å². The van der Waals surface area contributed by atoms with Crippen molar-refractivity contribution in [1.82, 2.24) is 0 Å². The number of hydrogen-bond donors (Lipinski definition) is 0. The Bertz CT molecular complexity index is 1200. The molecule has 0 saturated heterocycles. The second-order valence-electron chi connectivity index (χ2n) is 14.3. The second kappa shape index (κ2) is 16.2. The first-order valence-electron chi connectivity index (χ1n) is 16.9. The van der Waals surface area contributed by atoms with Crippen molar-refractivity contribution >= 4 is 55.3 Å². The first-order chi connectivity index (χ1) is 21.2. The van der Waals surface area contributed by atoms with E-state index in [2.05, 4.69) is 86.9 Å². The summed E-state index contributed by atoms with van der Waals surface area (Å²) in [7, 11) is 7.13. The van der Waals surface area contributed by atoms with Crippen LogP contribution >= 0.6 is 17.0 Å². The van der Waals surface area contributed by atoms with E-state index >= 15 is 0 Å². The van der Waals surface area contributed by atoms with Crippen LogP contribution in [0.15, 0.2) is 60.0 Å². The van der Waals surface area contributed by atoms with Gasteiger partial charge in [-0.3, -0.25) is 0 Å². The molecule has 2 radical (unpaired) electrons. The molecule has 44 heavy (non-hydrogen) atoms. The molecule has 4 aliphatic rings. The summed E-state index contributed by atoms with van der Waals surface area (Å²) in [5.74, 6) is 3.34. The molecule has 4 aliphatic carbocycles. The van der Waals surface area contributed by atoms with Gasteiger partial charge in [-0.25, -0.2) is 0 Å². The molecule has 2 atom stereocenters. The quantitative estimate of drug-likeness (QED) is 0.225. The van der Waals surface area contributed by atoms with Crippen molar-refractivity contribution in [2.75, 3.05) is 0 Å². The van der Waals surface area contributed by atoms with E-state index in [1.807, 2.05) is 0 Å². The van der Waals surface area contributed by atoms with Crippen LogP contribution in [0.5, 0.6) is 0 Å². The summed E-state index contributed by atoms with van der Waals surface area (Å²) < 4.78 is 14.3. The third-order valence-corrected chi connectivity index (χ3v) is 18.7. The molecular weight excluding hydrogens is 711 g/mol. The monoisotopic (exact) mass is 758 g/mol. The minimum atomic E-state index is -1.80. The standard InChI is InChI=1S/C36H50O2Si3.2ClH.Zr/c1-40(2,29-17-7-5-8-18-29)37-35-23-27-15-11-13-21-31(27)33(35)25-39-26-34-32-22-14-12-16-28(32)24-36(34)38-41(3,4)30-19-9-6-10-20-30;;;/h11-16,21-24,29-30,33-34H,5-10,17-20,25-26H2,1-4H3;2*1H;/q;;;+2/p-2. The average molecular weight is 761 g/mol. The first kappa shape index (κ1) is 35.0. The summed E-state index contributed by atoms with van der Waals surface area (Å²) in [6.07, 6.45) is 18.6. The Labute approximate surface area is 290 Å². The molecule has 2 saturated carbocycles. The molecule has 0 aromatic heterocycles. The third kappa shape index (κ3) is 8.56. The van der Waals surface area contributed by atoms with E-state index in [1.54, 1.807) is 0 Å². The van der Waals surface area contributed by atoms with Crippen LogP contribution in [-0.2, 0) is 29.7 Å². The molecule has 2 unspecified atom stereocenters. The Balaban J connectivity index is 0.00000123. The summed E-state index contributed by atoms with van der Waals surface area (Å²) in [6.45, 7) is 9.92. The first-order valence-corrected chi connectivity index (χ1v) is 30.6. The molecule has 8 heteroatoms. The Morgan fingerprint density at radius 3 is 1.39 bits per heavy atom. The van der Waals surface area contributed by atoms with Gasteiger partial charge in [0.25, 0.3) is 0 Å². The van der Waals surface area contributed by atoms with Gasteiger partial charge in [0.05, 0.1) is 11.5 Å². The van der Waals surface area contributed by atoms with Crippen LogP contribution in [0, 0.1) is 0 Å². The molecule has 2 aromatic rings. The van der Waals surface area contributed by atoms with Gasteiger partial charge in [0.2, 0.25) is 16.6 Å². The maximum absolute atomic E-state index is 7.14. The van der Waals surface area contributed by atoms with E-state index in [0.717, 1.165) is 20.6 Å². The van der Waals surface area contributed by atoms with Crippen LogP contribution in [-0.4, -0.2) is 26.2 Å². The zero-order chi connectivity index (χ0) is 31.2. The maximum atomic E-state index is 7.14. The van der Waals surface area contributed by atoms with Crippen molar-refractivity contribution < 1.29 is 29.7 Å². The molecule has 2 fully saturated rings. The number of rotatable bonds is 10. The van der Waals surface area contributed by atoms with Crippen LogP contribution in [0.25, 0.3) is 12.2 Å². The van der Waals surface area contributed by atoms with E-state index in [0.29, 0.717) is 11.8 Å².